The molecule has 0 unspecified atom stereocenters. The summed E-state index contributed by atoms with van der Waals surface area (Å²) in [5.74, 6) is 0. The molecule has 0 fully saturated rings. The van der Waals surface area contributed by atoms with E-state index in [1.807, 2.05) is 0 Å². The second-order valence-corrected chi connectivity index (χ2v) is 1.19. The van der Waals surface area contributed by atoms with Crippen LogP contribution in [0, 0.1) is 50.6 Å². The van der Waals surface area contributed by atoms with E-state index >= 15 is 0 Å². The topological polar surface area (TPSA) is 1930 Å². The van der Waals surface area contributed by atoms with Gasteiger partial charge in [0.1, 0.15) is 0 Å². The molecule has 0 aliphatic heterocycles. The Morgan fingerprint density at radius 1 is 0.158 bits per heavy atom. The summed E-state index contributed by atoms with van der Waals surface area (Å²) in [5, 5.41) is 68.2. The van der Waals surface area contributed by atoms with Crippen molar-refractivity contribution in [3.8, 4) is 0 Å². The third-order valence-electron chi connectivity index (χ3n) is 0. The number of rotatable bonds is 0. The first-order valence-corrected chi connectivity index (χ1v) is 2.83. The van der Waals surface area contributed by atoms with Gasteiger partial charge in [-0.2, -0.15) is 0 Å². The minimum atomic E-state index is -1.50. The molecule has 0 radical (unpaired) electrons. The second-order valence-electron chi connectivity index (χ2n) is 1.19. The van der Waals surface area contributed by atoms with E-state index < -0.39 is 25.4 Å². The molecule has 0 bridgehead atoms. The number of nitrogens with zero attached hydrogens (tertiary/aromatic N) is 5. The Bertz CT molecular complexity index is 286. The molecule has 0 spiro atoms. The van der Waals surface area contributed by atoms with Crippen molar-refractivity contribution in [1.82, 2.24) is 6.15 Å². The SMILES string of the molecule is N.O.O.O.O.O.O.O.O.O.O.O.O.O.O.O.O.O.O.O.O.O.O.O.O.O.O.O.O.O.O.O.O.O.O.O.O.O.O.O.O.O.O.O.O.O.O.O.O.O.O.O=[N+]([O-])O.O=[N+]([O-])O.O=[N+]([O-])O.O=[N+]([O-])O.O=[N+]([O-])O.[Ca+2].[Ca+2].[Ca+2].[Ca+2].[Ca+2].[H-].[H-].[H-].[H-].[H-].[H-].[H-].[H-].[H-].[H-]. The van der Waals surface area contributed by atoms with E-state index in [9.17, 15) is 0 Å². The van der Waals surface area contributed by atoms with Crippen molar-refractivity contribution in [2.24, 2.45) is 0 Å². The smallest absolute Gasteiger partial charge is 1.00 e. The maximum absolute atomic E-state index is 8.36. The molecular formula is H118Ca5N6O65. The Labute approximate surface area is 579 Å². The summed E-state index contributed by atoms with van der Waals surface area (Å²) in [6, 6.07) is 0. The summed E-state index contributed by atoms with van der Waals surface area (Å²) < 4.78 is 0. The third kappa shape index (κ3) is 5950000. The molecule has 76 heteroatoms. The minimum absolute atomic E-state index is 0. The zero-order valence-corrected chi connectivity index (χ0v) is 48.8. The van der Waals surface area contributed by atoms with Crippen molar-refractivity contribution in [3.05, 3.63) is 50.6 Å². The molecule has 548 valence electrons. The van der Waals surface area contributed by atoms with Crippen LogP contribution in [0.1, 0.15) is 14.3 Å². The molecule has 0 rings (SSSR count). The van der Waals surface area contributed by atoms with Crippen LogP contribution in [-0.2, 0) is 0 Å². The predicted octanol–water partition coefficient (Wildman–Crippen LogP) is -43.6. The quantitative estimate of drug-likeness (QED) is 0.0745. The van der Waals surface area contributed by atoms with E-state index in [0.717, 1.165) is 0 Å². The summed E-state index contributed by atoms with van der Waals surface area (Å²) in [6.45, 7) is 0. The number of hydrogen-bond donors (Lipinski definition) is 6. The first kappa shape index (κ1) is 1860. The fourth-order valence-electron chi connectivity index (χ4n) is 0. The maximum atomic E-state index is 8.36. The van der Waals surface area contributed by atoms with Crippen molar-refractivity contribution in [1.29, 1.82) is 0 Å². The van der Waals surface area contributed by atoms with Gasteiger partial charge in [0.2, 0.25) is 0 Å². The minimum Gasteiger partial charge on any atom is -1.00 e. The van der Waals surface area contributed by atoms with Gasteiger partial charge in [0, 0.05) is 0 Å². The van der Waals surface area contributed by atoms with Gasteiger partial charge in [0.25, 0.3) is 25.4 Å². The summed E-state index contributed by atoms with van der Waals surface area (Å²) in [4.78, 5) is 41.8. The monoisotopic (exact) mass is 1440 g/mol. The van der Waals surface area contributed by atoms with Crippen LogP contribution in [0.5, 0.6) is 0 Å². The van der Waals surface area contributed by atoms with Crippen molar-refractivity contribution < 1.29 is 340 Å². The Hall–Kier alpha value is 0.259. The molecule has 0 heterocycles. The van der Waals surface area contributed by atoms with E-state index in [4.69, 9.17) is 76.6 Å². The molecule has 0 atom stereocenters. The van der Waals surface area contributed by atoms with Gasteiger partial charge in [0.05, 0.1) is 0 Å². The zero-order valence-electron chi connectivity index (χ0n) is 47.8. The largest absolute Gasteiger partial charge is 2.00 e. The van der Waals surface area contributed by atoms with Crippen molar-refractivity contribution in [3.63, 3.8) is 0 Å². The predicted molar refractivity (Wildman–Crippen MR) is 270 cm³/mol. The van der Waals surface area contributed by atoms with E-state index in [-0.39, 0.29) is 483 Å². The Balaban J connectivity index is -0.000000000398. The van der Waals surface area contributed by atoms with Crippen LogP contribution in [0.3, 0.4) is 0 Å². The van der Waals surface area contributed by atoms with Crippen LogP contribution in [0.4, 0.5) is 0 Å². The molecular weight excluding hydrogens is 1320 g/mol. The van der Waals surface area contributed by atoms with Gasteiger partial charge in [0.15, 0.2) is 0 Å². The van der Waals surface area contributed by atoms with Crippen LogP contribution >= 0.6 is 0 Å². The van der Waals surface area contributed by atoms with Crippen molar-refractivity contribution in [2.75, 3.05) is 0 Å². The van der Waals surface area contributed by atoms with Crippen LogP contribution in [0.25, 0.3) is 0 Å². The van der Waals surface area contributed by atoms with Gasteiger partial charge < -0.3 is 320 Å². The first-order chi connectivity index (χ1) is 8.66. The number of hydrogen-bond acceptors (Lipinski definition) is 11. The maximum Gasteiger partial charge on any atom is 2.00 e. The van der Waals surface area contributed by atoms with E-state index in [1.165, 1.54) is 0 Å². The summed E-state index contributed by atoms with van der Waals surface area (Å²) in [7, 11) is 0. The third-order valence-corrected chi connectivity index (χ3v) is 0. The van der Waals surface area contributed by atoms with Crippen LogP contribution in [0.15, 0.2) is 0 Å². The average Bonchev–Trinajstić information content (AvgIpc) is 1.94. The Morgan fingerprint density at radius 2 is 0.158 bits per heavy atom. The molecule has 0 saturated carbocycles. The molecule has 108 N–H and O–H groups in total. The van der Waals surface area contributed by atoms with Gasteiger partial charge in [-0.3, -0.25) is 0 Å². The van der Waals surface area contributed by atoms with Gasteiger partial charge in [-0.05, 0) is 0 Å². The van der Waals surface area contributed by atoms with Gasteiger partial charge in [-0.25, -0.2) is 0 Å². The molecule has 0 aliphatic carbocycles. The normalized spacial score (nSPS) is 1.58. The summed E-state index contributed by atoms with van der Waals surface area (Å²) >= 11 is 0. The fraction of sp³-hybridized carbons (Fsp3) is 0. The second kappa shape index (κ2) is 1780. The molecule has 76 heavy (non-hydrogen) atoms. The van der Waals surface area contributed by atoms with Crippen LogP contribution in [-0.4, -0.2) is 514 Å². The average molecular weight is 1440 g/mol. The molecule has 0 aliphatic rings. The first-order valence-electron chi connectivity index (χ1n) is 2.83. The fourth-order valence-corrected chi connectivity index (χ4v) is 0. The zero-order chi connectivity index (χ0) is 17.9. The van der Waals surface area contributed by atoms with E-state index in [2.05, 4.69) is 0 Å². The van der Waals surface area contributed by atoms with Crippen molar-refractivity contribution in [2.45, 2.75) is 0 Å². The van der Waals surface area contributed by atoms with Gasteiger partial charge in [-0.15, -0.1) is 50.6 Å². The molecule has 0 aromatic heterocycles. The van der Waals surface area contributed by atoms with Gasteiger partial charge >= 0.3 is 189 Å². The standard InChI is InChI=1S/5Ca.5HNO3.H3N.50H2O.10H/c;;;;;5*2-1(3)4;;;;;;;;;;;;;;;;;;;;;;;;;;;;;;;;;;;;;;;;;;;;;;;;;;;;;;;;;;;;;/h;;;;;5*(H,2,3,4);1H3;50*1H2;;;;;;;;;;/q5*+2;;;;;;;;;;;;;;;;;;;;;;;;;;;;;;;;;;;;;;;;;;;;;;;;;;;;;;;;;10*-1. The van der Waals surface area contributed by atoms with Crippen molar-refractivity contribution >= 4 is 189 Å². The van der Waals surface area contributed by atoms with Gasteiger partial charge in [-0.1, -0.05) is 0 Å². The van der Waals surface area contributed by atoms with E-state index in [0.29, 0.717) is 0 Å². The van der Waals surface area contributed by atoms with Crippen LogP contribution < -0.4 is 6.15 Å². The summed E-state index contributed by atoms with van der Waals surface area (Å²) in [5.41, 5.74) is 0. The summed E-state index contributed by atoms with van der Waals surface area (Å²) in [6.07, 6.45) is 0. The molecule has 0 amide bonds. The van der Waals surface area contributed by atoms with Crippen LogP contribution in [0.2, 0.25) is 0 Å². The van der Waals surface area contributed by atoms with E-state index in [1.54, 1.807) is 0 Å². The molecule has 0 aromatic rings. The Morgan fingerprint density at radius 3 is 0.158 bits per heavy atom. The molecule has 71 nitrogen and oxygen atoms in total. The Kier molecular flexibility index (Phi) is 43500. The molecule has 0 saturated heterocycles. The molecule has 0 aromatic carbocycles.